The van der Waals surface area contributed by atoms with E-state index in [0.29, 0.717) is 5.92 Å². The minimum atomic E-state index is -0.571. The molecule has 112 valence electrons. The number of carbonyl (C=O) groups is 2. The molecule has 0 saturated carbocycles. The van der Waals surface area contributed by atoms with Gasteiger partial charge in [0.15, 0.2) is 0 Å². The van der Waals surface area contributed by atoms with Crippen molar-refractivity contribution in [3.63, 3.8) is 0 Å². The zero-order valence-corrected chi connectivity index (χ0v) is 13.2. The molecule has 2 amide bonds. The van der Waals surface area contributed by atoms with Crippen LogP contribution in [0.15, 0.2) is 0 Å². The molecule has 1 N–H and O–H groups in total. The number of rotatable bonds is 6. The summed E-state index contributed by atoms with van der Waals surface area (Å²) in [6, 6.07) is -0.376. The minimum absolute atomic E-state index is 0.0127. The van der Waals surface area contributed by atoms with Crippen molar-refractivity contribution >= 4 is 12.0 Å². The summed E-state index contributed by atoms with van der Waals surface area (Å²) in [5.41, 5.74) is 0. The molecule has 19 heavy (non-hydrogen) atoms. The highest BCUT2D eigenvalue weighted by Crippen LogP contribution is 2.16. The molecular weight excluding hydrogens is 244 g/mol. The van der Waals surface area contributed by atoms with E-state index in [9.17, 15) is 9.59 Å². The number of ether oxygens (including phenoxy) is 1. The topological polar surface area (TPSA) is 58.6 Å². The monoisotopic (exact) mass is 272 g/mol. The maximum Gasteiger partial charge on any atom is 0.407 e. The molecule has 0 radical (unpaired) electrons. The van der Waals surface area contributed by atoms with Crippen molar-refractivity contribution in [1.29, 1.82) is 0 Å². The number of hydrogen-bond acceptors (Lipinski definition) is 3. The fraction of sp³-hybridized carbons (Fsp3) is 0.857. The molecule has 0 aliphatic rings. The predicted octanol–water partition coefficient (Wildman–Crippen LogP) is 2.26. The zero-order chi connectivity index (χ0) is 15.2. The van der Waals surface area contributed by atoms with Crippen molar-refractivity contribution in [2.24, 2.45) is 11.8 Å². The maximum absolute atomic E-state index is 12.5. The third-order valence-corrected chi connectivity index (χ3v) is 3.42. The Bertz CT molecular complexity index is 303. The van der Waals surface area contributed by atoms with Crippen molar-refractivity contribution in [1.82, 2.24) is 10.2 Å². The van der Waals surface area contributed by atoms with E-state index in [4.69, 9.17) is 0 Å². The van der Waals surface area contributed by atoms with Crippen LogP contribution >= 0.6 is 0 Å². The Hall–Kier alpha value is -1.26. The largest absolute Gasteiger partial charge is 0.453 e. The van der Waals surface area contributed by atoms with Crippen LogP contribution in [0.4, 0.5) is 4.79 Å². The molecule has 5 heteroatoms. The molecule has 0 saturated heterocycles. The van der Waals surface area contributed by atoms with Gasteiger partial charge in [0, 0.05) is 13.1 Å². The van der Waals surface area contributed by atoms with Gasteiger partial charge in [-0.05, 0) is 18.3 Å². The Morgan fingerprint density at radius 2 is 1.68 bits per heavy atom. The van der Waals surface area contributed by atoms with Gasteiger partial charge in [0.1, 0.15) is 6.04 Å². The first kappa shape index (κ1) is 17.7. The molecule has 0 aromatic carbocycles. The Labute approximate surface area is 116 Å². The SMILES string of the molecule is CC[C@@H](C(C)C)N(C)C(=O)[C@@H](NC(=O)OC)C(C)C. The van der Waals surface area contributed by atoms with Crippen LogP contribution in [0.1, 0.15) is 41.0 Å². The molecule has 0 aromatic heterocycles. The summed E-state index contributed by atoms with van der Waals surface area (Å²) >= 11 is 0. The summed E-state index contributed by atoms with van der Waals surface area (Å²) in [5, 5.41) is 2.61. The second-order valence-corrected chi connectivity index (χ2v) is 5.53. The van der Waals surface area contributed by atoms with E-state index in [0.717, 1.165) is 6.42 Å². The molecule has 0 spiro atoms. The van der Waals surface area contributed by atoms with Crippen LogP contribution in [0.5, 0.6) is 0 Å². The van der Waals surface area contributed by atoms with Gasteiger partial charge in [-0.25, -0.2) is 4.79 Å². The molecule has 0 aliphatic carbocycles. The first-order valence-electron chi connectivity index (χ1n) is 6.87. The Morgan fingerprint density at radius 1 is 1.16 bits per heavy atom. The Kier molecular flexibility index (Phi) is 7.49. The fourth-order valence-corrected chi connectivity index (χ4v) is 2.27. The lowest BCUT2D eigenvalue weighted by Crippen LogP contribution is -2.53. The molecule has 0 heterocycles. The van der Waals surface area contributed by atoms with Crippen molar-refractivity contribution in [3.8, 4) is 0 Å². The smallest absolute Gasteiger partial charge is 0.407 e. The van der Waals surface area contributed by atoms with Crippen LogP contribution < -0.4 is 5.32 Å². The highest BCUT2D eigenvalue weighted by molar-refractivity contribution is 5.86. The van der Waals surface area contributed by atoms with Crippen LogP contribution in [-0.4, -0.2) is 43.1 Å². The predicted molar refractivity (Wildman–Crippen MR) is 75.9 cm³/mol. The lowest BCUT2D eigenvalue weighted by atomic mass is 9.97. The van der Waals surface area contributed by atoms with Gasteiger partial charge in [0.05, 0.1) is 7.11 Å². The van der Waals surface area contributed by atoms with E-state index in [1.54, 1.807) is 11.9 Å². The number of carbonyl (C=O) groups excluding carboxylic acids is 2. The molecule has 5 nitrogen and oxygen atoms in total. The molecule has 0 bridgehead atoms. The summed E-state index contributed by atoms with van der Waals surface area (Å²) in [7, 11) is 3.09. The number of methoxy groups -OCH3 is 1. The number of amides is 2. The normalized spacial score (nSPS) is 14.2. The van der Waals surface area contributed by atoms with Crippen LogP contribution in [-0.2, 0) is 9.53 Å². The van der Waals surface area contributed by atoms with Gasteiger partial charge >= 0.3 is 6.09 Å². The second kappa shape index (κ2) is 8.02. The fourth-order valence-electron chi connectivity index (χ4n) is 2.27. The molecular formula is C14H28N2O3. The number of likely N-dealkylation sites (N-methyl/N-ethyl adjacent to an activating group) is 1. The van der Waals surface area contributed by atoms with Gasteiger partial charge in [0.25, 0.3) is 0 Å². The van der Waals surface area contributed by atoms with Crippen LogP contribution in [0.25, 0.3) is 0 Å². The maximum atomic E-state index is 12.5. The molecule has 0 aliphatic heterocycles. The van der Waals surface area contributed by atoms with Crippen molar-refractivity contribution < 1.29 is 14.3 Å². The van der Waals surface area contributed by atoms with E-state index in [1.807, 2.05) is 13.8 Å². The zero-order valence-electron chi connectivity index (χ0n) is 13.2. The summed E-state index contributed by atoms with van der Waals surface area (Å²) in [6.07, 6.45) is 0.321. The summed E-state index contributed by atoms with van der Waals surface area (Å²) in [6.45, 7) is 10.1. The summed E-state index contributed by atoms with van der Waals surface area (Å²) in [4.78, 5) is 25.6. The third kappa shape index (κ3) is 5.09. The molecule has 2 atom stereocenters. The van der Waals surface area contributed by atoms with E-state index < -0.39 is 12.1 Å². The molecule has 0 fully saturated rings. The molecule has 0 rings (SSSR count). The van der Waals surface area contributed by atoms with Crippen LogP contribution in [0.3, 0.4) is 0 Å². The first-order chi connectivity index (χ1) is 8.76. The first-order valence-corrected chi connectivity index (χ1v) is 6.87. The molecule has 0 unspecified atom stereocenters. The Morgan fingerprint density at radius 3 is 2.00 bits per heavy atom. The van der Waals surface area contributed by atoms with E-state index in [1.165, 1.54) is 7.11 Å². The third-order valence-electron chi connectivity index (χ3n) is 3.42. The minimum Gasteiger partial charge on any atom is -0.453 e. The Balaban J connectivity index is 4.93. The van der Waals surface area contributed by atoms with Gasteiger partial charge in [-0.2, -0.15) is 0 Å². The average molecular weight is 272 g/mol. The van der Waals surface area contributed by atoms with E-state index >= 15 is 0 Å². The van der Waals surface area contributed by atoms with E-state index in [2.05, 4.69) is 30.8 Å². The summed E-state index contributed by atoms with van der Waals surface area (Å²) in [5.74, 6) is 0.324. The number of hydrogen-bond donors (Lipinski definition) is 1. The number of nitrogens with one attached hydrogen (secondary N) is 1. The van der Waals surface area contributed by atoms with E-state index in [-0.39, 0.29) is 17.9 Å². The van der Waals surface area contributed by atoms with Crippen LogP contribution in [0.2, 0.25) is 0 Å². The van der Waals surface area contributed by atoms with Gasteiger partial charge in [-0.15, -0.1) is 0 Å². The lowest BCUT2D eigenvalue weighted by molar-refractivity contribution is -0.136. The molecule has 0 aromatic rings. The van der Waals surface area contributed by atoms with Crippen molar-refractivity contribution in [3.05, 3.63) is 0 Å². The van der Waals surface area contributed by atoms with Crippen molar-refractivity contribution in [2.75, 3.05) is 14.2 Å². The quantitative estimate of drug-likeness (QED) is 0.807. The second-order valence-electron chi connectivity index (χ2n) is 5.53. The van der Waals surface area contributed by atoms with Crippen molar-refractivity contribution in [2.45, 2.75) is 53.1 Å². The van der Waals surface area contributed by atoms with Crippen LogP contribution in [0, 0.1) is 11.8 Å². The lowest BCUT2D eigenvalue weighted by Gasteiger charge is -2.34. The van der Waals surface area contributed by atoms with Gasteiger partial charge < -0.3 is 15.0 Å². The number of nitrogens with zero attached hydrogens (tertiary/aromatic N) is 1. The standard InChI is InChI=1S/C14H28N2O3/c1-8-11(9(2)3)16(6)13(17)12(10(4)5)15-14(18)19-7/h9-12H,8H2,1-7H3,(H,15,18)/t11-,12-/m0/s1. The van der Waals surface area contributed by atoms with Gasteiger partial charge in [-0.1, -0.05) is 34.6 Å². The number of alkyl carbamates (subject to hydrolysis) is 1. The highest BCUT2D eigenvalue weighted by atomic mass is 16.5. The summed E-state index contributed by atoms with van der Waals surface area (Å²) < 4.78 is 4.57. The van der Waals surface area contributed by atoms with Gasteiger partial charge in [-0.3, -0.25) is 4.79 Å². The average Bonchev–Trinajstić information content (AvgIpc) is 2.34. The highest BCUT2D eigenvalue weighted by Gasteiger charge is 2.31. The van der Waals surface area contributed by atoms with Gasteiger partial charge in [0.2, 0.25) is 5.91 Å².